The zero-order chi connectivity index (χ0) is 33.9. The van der Waals surface area contributed by atoms with Crippen LogP contribution in [0.1, 0.15) is 55.9 Å². The van der Waals surface area contributed by atoms with Gasteiger partial charge in [-0.2, -0.15) is 0 Å². The zero-order valence-corrected chi connectivity index (χ0v) is 27.8. The number of rotatable bonds is 11. The van der Waals surface area contributed by atoms with E-state index in [-0.39, 0.29) is 44.4 Å². The number of nitrogens with zero attached hydrogens (tertiary/aromatic N) is 4. The van der Waals surface area contributed by atoms with Crippen LogP contribution in [0.4, 0.5) is 9.59 Å². The molecule has 2 unspecified atom stereocenters. The third-order valence-corrected chi connectivity index (χ3v) is 9.13. The Balaban J connectivity index is 1.45. The quantitative estimate of drug-likeness (QED) is 0.162. The van der Waals surface area contributed by atoms with E-state index in [2.05, 4.69) is 0 Å². The second-order valence-electron chi connectivity index (χ2n) is 14.0. The van der Waals surface area contributed by atoms with Crippen molar-refractivity contribution in [3.8, 4) is 0 Å². The molecule has 4 aromatic rings. The van der Waals surface area contributed by atoms with Crippen molar-refractivity contribution in [3.63, 3.8) is 0 Å². The van der Waals surface area contributed by atoms with Crippen molar-refractivity contribution >= 4 is 23.9 Å². The van der Waals surface area contributed by atoms with Gasteiger partial charge in [0, 0.05) is 19.5 Å². The molecule has 0 aliphatic carbocycles. The van der Waals surface area contributed by atoms with Crippen LogP contribution in [0, 0.1) is 5.41 Å². The van der Waals surface area contributed by atoms with E-state index in [9.17, 15) is 19.2 Å². The Morgan fingerprint density at radius 1 is 0.542 bits per heavy atom. The summed E-state index contributed by atoms with van der Waals surface area (Å²) in [4.78, 5) is 64.0. The van der Waals surface area contributed by atoms with Crippen LogP contribution >= 0.6 is 0 Å². The zero-order valence-electron chi connectivity index (χ0n) is 27.8. The van der Waals surface area contributed by atoms with Crippen LogP contribution < -0.4 is 0 Å². The summed E-state index contributed by atoms with van der Waals surface area (Å²) in [7, 11) is 0. The van der Waals surface area contributed by atoms with Crippen molar-refractivity contribution in [2.45, 2.75) is 71.4 Å². The van der Waals surface area contributed by atoms with Gasteiger partial charge in [-0.05, 0) is 34.1 Å². The molecule has 8 nitrogen and oxygen atoms in total. The number of hydrogen-bond acceptors (Lipinski definition) is 4. The van der Waals surface area contributed by atoms with Gasteiger partial charge >= 0.3 is 12.1 Å². The van der Waals surface area contributed by atoms with E-state index >= 15 is 0 Å². The molecule has 246 valence electrons. The van der Waals surface area contributed by atoms with E-state index in [1.807, 2.05) is 142 Å². The van der Waals surface area contributed by atoms with Crippen LogP contribution in [0.5, 0.6) is 0 Å². The third-order valence-electron chi connectivity index (χ3n) is 9.13. The fraction of sp³-hybridized carbons (Fsp3) is 0.300. The van der Waals surface area contributed by atoms with E-state index in [1.54, 1.807) is 9.80 Å². The molecule has 0 radical (unpaired) electrons. The molecule has 2 aliphatic heterocycles. The Bertz CT molecular complexity index is 1760. The van der Waals surface area contributed by atoms with E-state index in [1.165, 1.54) is 9.80 Å². The monoisotopic (exact) mass is 642 g/mol. The highest BCUT2D eigenvalue weighted by Crippen LogP contribution is 2.44. The molecule has 48 heavy (non-hydrogen) atoms. The minimum atomic E-state index is -1.39. The molecule has 0 bridgehead atoms. The number of benzene rings is 4. The van der Waals surface area contributed by atoms with Crippen LogP contribution in [-0.4, -0.2) is 55.1 Å². The SMILES string of the molecule is CC(C)(C)CC1(CC2C(=O)N(Cc3ccccc3)C(=O)N2Cc2ccccc2)C(=O)N(Cc2ccccc2)C(=O)N1Cc1ccccc1. The minimum absolute atomic E-state index is 0.0182. The van der Waals surface area contributed by atoms with Crippen molar-refractivity contribution in [2.75, 3.05) is 0 Å². The molecule has 2 atom stereocenters. The smallest absolute Gasteiger partial charge is 0.308 e. The van der Waals surface area contributed by atoms with Crippen molar-refractivity contribution in [3.05, 3.63) is 144 Å². The van der Waals surface area contributed by atoms with Gasteiger partial charge in [0.15, 0.2) is 0 Å². The predicted molar refractivity (Wildman–Crippen MR) is 184 cm³/mol. The van der Waals surface area contributed by atoms with E-state index in [4.69, 9.17) is 0 Å². The normalized spacial score (nSPS) is 19.9. The van der Waals surface area contributed by atoms with Gasteiger partial charge in [0.2, 0.25) is 0 Å². The summed E-state index contributed by atoms with van der Waals surface area (Å²) in [5, 5.41) is 0. The lowest BCUT2D eigenvalue weighted by atomic mass is 9.75. The van der Waals surface area contributed by atoms with Crippen LogP contribution in [0.3, 0.4) is 0 Å². The fourth-order valence-electron chi connectivity index (χ4n) is 7.07. The maximum absolute atomic E-state index is 15.0. The maximum Gasteiger partial charge on any atom is 0.328 e. The first-order valence-corrected chi connectivity index (χ1v) is 16.5. The van der Waals surface area contributed by atoms with Crippen molar-refractivity contribution in [1.82, 2.24) is 19.6 Å². The Morgan fingerprint density at radius 2 is 0.958 bits per heavy atom. The molecule has 2 heterocycles. The molecule has 6 amide bonds. The number of urea groups is 2. The van der Waals surface area contributed by atoms with Gasteiger partial charge in [0.05, 0.1) is 13.1 Å². The summed E-state index contributed by atoms with van der Waals surface area (Å²) in [5.74, 6) is -0.710. The van der Waals surface area contributed by atoms with Crippen molar-refractivity contribution in [2.24, 2.45) is 5.41 Å². The summed E-state index contributed by atoms with van der Waals surface area (Å²) < 4.78 is 0. The van der Waals surface area contributed by atoms with Gasteiger partial charge in [-0.3, -0.25) is 19.4 Å². The highest BCUT2D eigenvalue weighted by Gasteiger charge is 2.61. The number of hydrogen-bond donors (Lipinski definition) is 0. The molecule has 2 saturated heterocycles. The molecule has 0 spiro atoms. The topological polar surface area (TPSA) is 81.2 Å². The Hall–Kier alpha value is -5.24. The minimum Gasteiger partial charge on any atom is -0.308 e. The van der Waals surface area contributed by atoms with Gasteiger partial charge in [0.1, 0.15) is 11.6 Å². The second kappa shape index (κ2) is 13.5. The highest BCUT2D eigenvalue weighted by atomic mass is 16.2. The Kier molecular flexibility index (Phi) is 9.18. The second-order valence-corrected chi connectivity index (χ2v) is 14.0. The predicted octanol–water partition coefficient (Wildman–Crippen LogP) is 7.25. The lowest BCUT2D eigenvalue weighted by Crippen LogP contribution is -2.56. The first kappa shape index (κ1) is 32.7. The van der Waals surface area contributed by atoms with E-state index in [0.29, 0.717) is 6.42 Å². The van der Waals surface area contributed by atoms with E-state index < -0.39 is 29.1 Å². The molecule has 2 aliphatic rings. The average molecular weight is 643 g/mol. The van der Waals surface area contributed by atoms with Crippen LogP contribution in [0.25, 0.3) is 0 Å². The van der Waals surface area contributed by atoms with E-state index in [0.717, 1.165) is 22.3 Å². The largest absolute Gasteiger partial charge is 0.328 e. The maximum atomic E-state index is 15.0. The fourth-order valence-corrected chi connectivity index (χ4v) is 7.07. The van der Waals surface area contributed by atoms with Crippen molar-refractivity contribution in [1.29, 1.82) is 0 Å². The Morgan fingerprint density at radius 3 is 1.42 bits per heavy atom. The number of imide groups is 2. The first-order valence-electron chi connectivity index (χ1n) is 16.5. The molecule has 8 heteroatoms. The number of amides is 6. The van der Waals surface area contributed by atoms with Gasteiger partial charge in [0.25, 0.3) is 11.8 Å². The molecule has 6 rings (SSSR count). The van der Waals surface area contributed by atoms with Crippen LogP contribution in [-0.2, 0) is 35.8 Å². The summed E-state index contributed by atoms with van der Waals surface area (Å²) in [6, 6.07) is 36.3. The van der Waals surface area contributed by atoms with Crippen molar-refractivity contribution < 1.29 is 19.2 Å². The van der Waals surface area contributed by atoms with Crippen LogP contribution in [0.2, 0.25) is 0 Å². The highest BCUT2D eigenvalue weighted by molar-refractivity contribution is 6.09. The first-order chi connectivity index (χ1) is 23.1. The summed E-state index contributed by atoms with van der Waals surface area (Å²) >= 11 is 0. The number of carbonyl (C=O) groups is 4. The van der Waals surface area contributed by atoms with Gasteiger partial charge in [-0.25, -0.2) is 9.59 Å². The van der Waals surface area contributed by atoms with Crippen LogP contribution in [0.15, 0.2) is 121 Å². The number of carbonyl (C=O) groups excluding carboxylic acids is 4. The molecular weight excluding hydrogens is 600 g/mol. The summed E-state index contributed by atoms with van der Waals surface area (Å²) in [6.07, 6.45) is 0.286. The lowest BCUT2D eigenvalue weighted by Gasteiger charge is -2.41. The standard InChI is InChI=1S/C40H42N4O4/c1-39(2,3)29-40(36(46)43(27-32-20-12-6-13-21-32)38(48)44(40)28-33-22-14-7-15-23-33)24-34-35(45)42(26-31-18-10-5-11-19-31)37(47)41(34)25-30-16-8-4-9-17-30/h4-23,34H,24-29H2,1-3H3. The molecule has 0 saturated carbocycles. The van der Waals surface area contributed by atoms with Gasteiger partial charge in [-0.1, -0.05) is 142 Å². The average Bonchev–Trinajstić information content (AvgIpc) is 3.39. The molecule has 2 fully saturated rings. The van der Waals surface area contributed by atoms with Gasteiger partial charge < -0.3 is 9.80 Å². The molecule has 0 aromatic heterocycles. The molecular formula is C40H42N4O4. The summed E-state index contributed by atoms with van der Waals surface area (Å²) in [5.41, 5.74) is 1.61. The third kappa shape index (κ3) is 6.74. The van der Waals surface area contributed by atoms with Gasteiger partial charge in [-0.15, -0.1) is 0 Å². The lowest BCUT2D eigenvalue weighted by molar-refractivity contribution is -0.138. The molecule has 4 aromatic carbocycles. The molecule has 0 N–H and O–H groups in total. The summed E-state index contributed by atoms with van der Waals surface area (Å²) in [6.45, 7) is 6.73. The Labute approximate surface area is 282 Å².